The molecule has 0 unspecified atom stereocenters. The summed E-state index contributed by atoms with van der Waals surface area (Å²) in [6, 6.07) is 7.19. The number of nitrogens with zero attached hydrogens (tertiary/aromatic N) is 1. The molecule has 0 aliphatic rings. The topological polar surface area (TPSA) is 72.0 Å². The van der Waals surface area contributed by atoms with E-state index in [0.717, 1.165) is 4.88 Å². The normalized spacial score (nSPS) is 10.0. The molecule has 1 aromatic carbocycles. The van der Waals surface area contributed by atoms with Gasteiger partial charge >= 0.3 is 0 Å². The molecule has 2 rings (SSSR count). The van der Waals surface area contributed by atoms with Crippen LogP contribution in [0.25, 0.3) is 0 Å². The van der Waals surface area contributed by atoms with Gasteiger partial charge in [0, 0.05) is 11.8 Å². The fourth-order valence-electron chi connectivity index (χ4n) is 1.22. The van der Waals surface area contributed by atoms with Gasteiger partial charge in [0.2, 0.25) is 0 Å². The van der Waals surface area contributed by atoms with Crippen LogP contribution >= 0.6 is 11.3 Å². The van der Waals surface area contributed by atoms with Gasteiger partial charge in [0.05, 0.1) is 10.4 Å². The Morgan fingerprint density at radius 1 is 1.50 bits per heavy atom. The number of benzene rings is 1. The minimum Gasteiger partial charge on any atom is -0.488 e. The van der Waals surface area contributed by atoms with Gasteiger partial charge in [-0.05, 0) is 12.1 Å². The van der Waals surface area contributed by atoms with E-state index in [1.54, 1.807) is 35.2 Å². The van der Waals surface area contributed by atoms with E-state index >= 15 is 0 Å². The number of nitrogens with two attached hydrogens (primary N) is 1. The minimum atomic E-state index is 0.0447. The monoisotopic (exact) mass is 233 g/mol. The van der Waals surface area contributed by atoms with Crippen LogP contribution in [-0.2, 0) is 6.61 Å². The Kier molecular flexibility index (Phi) is 3.16. The van der Waals surface area contributed by atoms with Crippen LogP contribution in [0.3, 0.4) is 0 Å². The summed E-state index contributed by atoms with van der Waals surface area (Å²) in [4.78, 5) is 5.03. The number of nitrogens with one attached hydrogen (secondary N) is 1. The number of thiazole rings is 1. The van der Waals surface area contributed by atoms with Crippen molar-refractivity contribution in [3.8, 4) is 5.75 Å². The highest BCUT2D eigenvalue weighted by molar-refractivity contribution is 7.09. The van der Waals surface area contributed by atoms with E-state index in [1.165, 1.54) is 0 Å². The molecular weight excluding hydrogens is 222 g/mol. The highest BCUT2D eigenvalue weighted by atomic mass is 32.1. The summed E-state index contributed by atoms with van der Waals surface area (Å²) in [7, 11) is 0. The van der Waals surface area contributed by atoms with E-state index in [1.807, 2.05) is 12.1 Å². The SMILES string of the molecule is N=C(N)c1cccc(OCc2cncs2)c1. The van der Waals surface area contributed by atoms with Crippen molar-refractivity contribution in [1.82, 2.24) is 4.98 Å². The van der Waals surface area contributed by atoms with E-state index in [4.69, 9.17) is 15.9 Å². The van der Waals surface area contributed by atoms with Crippen LogP contribution in [-0.4, -0.2) is 10.8 Å². The lowest BCUT2D eigenvalue weighted by atomic mass is 10.2. The van der Waals surface area contributed by atoms with E-state index in [2.05, 4.69) is 4.98 Å². The first-order chi connectivity index (χ1) is 7.75. The molecule has 0 saturated heterocycles. The Hall–Kier alpha value is -1.88. The van der Waals surface area contributed by atoms with E-state index in [9.17, 15) is 0 Å². The zero-order chi connectivity index (χ0) is 11.4. The van der Waals surface area contributed by atoms with Crippen LogP contribution in [0.4, 0.5) is 0 Å². The predicted octanol–water partition coefficient (Wildman–Crippen LogP) is 2.01. The third-order valence-electron chi connectivity index (χ3n) is 2.01. The molecule has 0 amide bonds. The number of amidine groups is 1. The predicted molar refractivity (Wildman–Crippen MR) is 63.9 cm³/mol. The van der Waals surface area contributed by atoms with Gasteiger partial charge in [-0.3, -0.25) is 10.4 Å². The number of rotatable bonds is 4. The summed E-state index contributed by atoms with van der Waals surface area (Å²) >= 11 is 1.55. The fourth-order valence-corrected chi connectivity index (χ4v) is 1.73. The molecule has 0 spiro atoms. The van der Waals surface area contributed by atoms with E-state index < -0.39 is 0 Å². The maximum Gasteiger partial charge on any atom is 0.124 e. The van der Waals surface area contributed by atoms with Crippen LogP contribution in [0.2, 0.25) is 0 Å². The van der Waals surface area contributed by atoms with Gasteiger partial charge in [0.15, 0.2) is 0 Å². The standard InChI is InChI=1S/C11H11N3OS/c12-11(13)8-2-1-3-9(4-8)15-6-10-5-14-7-16-10/h1-5,7H,6H2,(H3,12,13). The molecule has 2 aromatic rings. The lowest BCUT2D eigenvalue weighted by Crippen LogP contribution is -2.10. The summed E-state index contributed by atoms with van der Waals surface area (Å²) in [5.74, 6) is 0.754. The van der Waals surface area contributed by atoms with Crippen molar-refractivity contribution in [3.63, 3.8) is 0 Å². The zero-order valence-corrected chi connectivity index (χ0v) is 9.33. The molecule has 0 aliphatic carbocycles. The quantitative estimate of drug-likeness (QED) is 0.626. The van der Waals surface area contributed by atoms with Crippen LogP contribution in [0.1, 0.15) is 10.4 Å². The van der Waals surface area contributed by atoms with Crippen LogP contribution in [0.15, 0.2) is 36.0 Å². The highest BCUT2D eigenvalue weighted by Gasteiger charge is 2.00. The molecule has 0 atom stereocenters. The van der Waals surface area contributed by atoms with Crippen LogP contribution < -0.4 is 10.5 Å². The molecule has 1 aromatic heterocycles. The molecule has 0 radical (unpaired) electrons. The summed E-state index contributed by atoms with van der Waals surface area (Å²) in [5, 5.41) is 7.32. The summed E-state index contributed by atoms with van der Waals surface area (Å²) in [6.07, 6.45) is 1.78. The first-order valence-corrected chi connectivity index (χ1v) is 5.58. The summed E-state index contributed by atoms with van der Waals surface area (Å²) in [6.45, 7) is 0.492. The Bertz CT molecular complexity index is 482. The number of aromatic nitrogens is 1. The van der Waals surface area contributed by atoms with Crippen LogP contribution in [0, 0.1) is 5.41 Å². The zero-order valence-electron chi connectivity index (χ0n) is 8.51. The second-order valence-corrected chi connectivity index (χ2v) is 4.17. The fraction of sp³-hybridized carbons (Fsp3) is 0.0909. The lowest BCUT2D eigenvalue weighted by Gasteiger charge is -2.05. The minimum absolute atomic E-state index is 0.0447. The van der Waals surface area contributed by atoms with Crippen molar-refractivity contribution < 1.29 is 4.74 Å². The third kappa shape index (κ3) is 2.58. The molecule has 1 heterocycles. The molecular formula is C11H11N3OS. The first-order valence-electron chi connectivity index (χ1n) is 4.70. The Morgan fingerprint density at radius 3 is 3.06 bits per heavy atom. The third-order valence-corrected chi connectivity index (χ3v) is 2.76. The number of nitrogen functional groups attached to an aromatic ring is 1. The van der Waals surface area contributed by atoms with Crippen molar-refractivity contribution in [2.75, 3.05) is 0 Å². The van der Waals surface area contributed by atoms with Gasteiger partial charge in [-0.15, -0.1) is 11.3 Å². The molecule has 0 saturated carbocycles. The molecule has 82 valence electrons. The molecule has 3 N–H and O–H groups in total. The van der Waals surface area contributed by atoms with E-state index in [-0.39, 0.29) is 5.84 Å². The summed E-state index contributed by atoms with van der Waals surface area (Å²) < 4.78 is 5.56. The average molecular weight is 233 g/mol. The molecule has 0 aliphatic heterocycles. The van der Waals surface area contributed by atoms with Crippen LogP contribution in [0.5, 0.6) is 5.75 Å². The molecule has 0 bridgehead atoms. The maximum atomic E-state index is 7.32. The Balaban J connectivity index is 2.04. The number of ether oxygens (including phenoxy) is 1. The van der Waals surface area contributed by atoms with Gasteiger partial charge in [-0.2, -0.15) is 0 Å². The van der Waals surface area contributed by atoms with Gasteiger partial charge in [-0.25, -0.2) is 0 Å². The second kappa shape index (κ2) is 4.76. The Labute approximate surface area is 97.2 Å². The number of hydrogen-bond acceptors (Lipinski definition) is 4. The van der Waals surface area contributed by atoms with Crippen molar-refractivity contribution in [3.05, 3.63) is 46.4 Å². The Morgan fingerprint density at radius 2 is 2.38 bits per heavy atom. The summed E-state index contributed by atoms with van der Waals surface area (Å²) in [5.41, 5.74) is 7.83. The number of hydrogen-bond donors (Lipinski definition) is 2. The van der Waals surface area contributed by atoms with Gasteiger partial charge in [0.1, 0.15) is 18.2 Å². The smallest absolute Gasteiger partial charge is 0.124 e. The van der Waals surface area contributed by atoms with E-state index in [0.29, 0.717) is 17.9 Å². The van der Waals surface area contributed by atoms with Crippen molar-refractivity contribution in [2.24, 2.45) is 5.73 Å². The van der Waals surface area contributed by atoms with Crippen molar-refractivity contribution >= 4 is 17.2 Å². The van der Waals surface area contributed by atoms with Gasteiger partial charge in [0.25, 0.3) is 0 Å². The second-order valence-electron chi connectivity index (χ2n) is 3.20. The lowest BCUT2D eigenvalue weighted by molar-refractivity contribution is 0.309. The molecule has 4 nitrogen and oxygen atoms in total. The first kappa shape index (κ1) is 10.6. The molecule has 0 fully saturated rings. The van der Waals surface area contributed by atoms with Crippen molar-refractivity contribution in [1.29, 1.82) is 5.41 Å². The highest BCUT2D eigenvalue weighted by Crippen LogP contribution is 2.16. The molecule has 16 heavy (non-hydrogen) atoms. The van der Waals surface area contributed by atoms with Gasteiger partial charge in [-0.1, -0.05) is 12.1 Å². The maximum absolute atomic E-state index is 7.32. The molecule has 5 heteroatoms. The largest absolute Gasteiger partial charge is 0.488 e. The van der Waals surface area contributed by atoms with Gasteiger partial charge < -0.3 is 10.5 Å². The average Bonchev–Trinajstić information content (AvgIpc) is 2.79. The van der Waals surface area contributed by atoms with Crippen molar-refractivity contribution in [2.45, 2.75) is 6.61 Å².